The third kappa shape index (κ3) is 5.49. The Morgan fingerprint density at radius 3 is 2.70 bits per heavy atom. The topological polar surface area (TPSA) is 92.7 Å². The van der Waals surface area contributed by atoms with Crippen LogP contribution in [0, 0.1) is 5.92 Å². The molecule has 1 aromatic rings. The number of hydrogen-bond donors (Lipinski definition) is 2. The zero-order valence-corrected chi connectivity index (χ0v) is 12.9. The lowest BCUT2D eigenvalue weighted by atomic mass is 9.83. The minimum atomic E-state index is -1.11. The van der Waals surface area contributed by atoms with Crippen molar-refractivity contribution in [2.75, 3.05) is 6.61 Å². The molecule has 124 valence electrons. The number of carboxylic acid groups (broad SMARTS) is 1. The Morgan fingerprint density at radius 2 is 2.04 bits per heavy atom. The molecular weight excluding hydrogens is 298 g/mol. The molecule has 0 heterocycles. The number of carbonyl (C=O) groups excluding carboxylic acids is 2. The molecule has 1 amide bonds. The molecule has 6 nitrogen and oxygen atoms in total. The molecule has 0 saturated heterocycles. The molecule has 2 atom stereocenters. The van der Waals surface area contributed by atoms with Gasteiger partial charge in [-0.3, -0.25) is 9.59 Å². The third-order valence-electron chi connectivity index (χ3n) is 3.92. The summed E-state index contributed by atoms with van der Waals surface area (Å²) in [5.41, 5.74) is 0.938. The SMILES string of the molecule is O=C1CCC[C@H]([C@H](NC(=O)COCc2ccccc2)C(=O)O)C1. The van der Waals surface area contributed by atoms with Crippen LogP contribution in [0.5, 0.6) is 0 Å². The van der Waals surface area contributed by atoms with Crippen LogP contribution >= 0.6 is 0 Å². The lowest BCUT2D eigenvalue weighted by Crippen LogP contribution is -2.48. The minimum absolute atomic E-state index is 0.0575. The Kier molecular flexibility index (Phi) is 6.29. The van der Waals surface area contributed by atoms with E-state index >= 15 is 0 Å². The first kappa shape index (κ1) is 17.1. The number of benzene rings is 1. The molecule has 0 radical (unpaired) electrons. The predicted molar refractivity (Wildman–Crippen MR) is 82.6 cm³/mol. The van der Waals surface area contributed by atoms with Gasteiger partial charge in [-0.05, 0) is 24.3 Å². The van der Waals surface area contributed by atoms with Gasteiger partial charge in [0, 0.05) is 12.8 Å². The van der Waals surface area contributed by atoms with Crippen molar-refractivity contribution in [2.24, 2.45) is 5.92 Å². The van der Waals surface area contributed by atoms with Gasteiger partial charge in [0.05, 0.1) is 6.61 Å². The monoisotopic (exact) mass is 319 g/mol. The van der Waals surface area contributed by atoms with Crippen molar-refractivity contribution >= 4 is 17.7 Å². The minimum Gasteiger partial charge on any atom is -0.480 e. The highest BCUT2D eigenvalue weighted by molar-refractivity contribution is 5.86. The summed E-state index contributed by atoms with van der Waals surface area (Å²) in [6.45, 7) is 0.0766. The van der Waals surface area contributed by atoms with Crippen molar-refractivity contribution in [3.8, 4) is 0 Å². The molecule has 0 aliphatic heterocycles. The van der Waals surface area contributed by atoms with Gasteiger partial charge in [-0.2, -0.15) is 0 Å². The second-order valence-electron chi connectivity index (χ2n) is 5.76. The maximum atomic E-state index is 11.9. The maximum absolute atomic E-state index is 11.9. The largest absolute Gasteiger partial charge is 0.480 e. The maximum Gasteiger partial charge on any atom is 0.326 e. The number of hydrogen-bond acceptors (Lipinski definition) is 4. The van der Waals surface area contributed by atoms with Crippen LogP contribution < -0.4 is 5.32 Å². The van der Waals surface area contributed by atoms with Gasteiger partial charge in [-0.15, -0.1) is 0 Å². The van der Waals surface area contributed by atoms with Crippen molar-refractivity contribution < 1.29 is 24.2 Å². The first-order valence-corrected chi connectivity index (χ1v) is 7.72. The zero-order chi connectivity index (χ0) is 16.7. The average Bonchev–Trinajstić information content (AvgIpc) is 2.53. The highest BCUT2D eigenvalue weighted by Crippen LogP contribution is 2.24. The van der Waals surface area contributed by atoms with Gasteiger partial charge in [0.15, 0.2) is 0 Å². The van der Waals surface area contributed by atoms with E-state index in [-0.39, 0.29) is 31.3 Å². The number of nitrogens with one attached hydrogen (secondary N) is 1. The van der Waals surface area contributed by atoms with Crippen molar-refractivity contribution in [2.45, 2.75) is 38.3 Å². The summed E-state index contributed by atoms with van der Waals surface area (Å²) in [7, 11) is 0. The Bertz CT molecular complexity index is 557. The summed E-state index contributed by atoms with van der Waals surface area (Å²) in [4.78, 5) is 34.7. The Balaban J connectivity index is 1.81. The van der Waals surface area contributed by atoms with Crippen molar-refractivity contribution in [1.82, 2.24) is 5.32 Å². The van der Waals surface area contributed by atoms with E-state index in [1.165, 1.54) is 0 Å². The van der Waals surface area contributed by atoms with E-state index in [0.717, 1.165) is 5.56 Å². The van der Waals surface area contributed by atoms with Gasteiger partial charge in [-0.25, -0.2) is 4.79 Å². The fourth-order valence-corrected chi connectivity index (χ4v) is 2.77. The molecule has 0 unspecified atom stereocenters. The molecule has 2 rings (SSSR count). The van der Waals surface area contributed by atoms with Crippen molar-refractivity contribution in [3.63, 3.8) is 0 Å². The Morgan fingerprint density at radius 1 is 1.30 bits per heavy atom. The van der Waals surface area contributed by atoms with Crippen LogP contribution in [0.15, 0.2) is 30.3 Å². The molecule has 1 fully saturated rings. The molecule has 0 aromatic heterocycles. The summed E-state index contributed by atoms with van der Waals surface area (Å²) in [6, 6.07) is 8.36. The van der Waals surface area contributed by atoms with Crippen LogP contribution in [0.2, 0.25) is 0 Å². The fourth-order valence-electron chi connectivity index (χ4n) is 2.77. The summed E-state index contributed by atoms with van der Waals surface area (Å²) < 4.78 is 5.30. The lowest BCUT2D eigenvalue weighted by Gasteiger charge is -2.27. The normalized spacial score (nSPS) is 19.1. The first-order valence-electron chi connectivity index (χ1n) is 7.72. The zero-order valence-electron chi connectivity index (χ0n) is 12.9. The van der Waals surface area contributed by atoms with E-state index in [9.17, 15) is 19.5 Å². The van der Waals surface area contributed by atoms with E-state index < -0.39 is 17.9 Å². The molecule has 0 bridgehead atoms. The smallest absolute Gasteiger partial charge is 0.326 e. The van der Waals surface area contributed by atoms with Crippen LogP contribution in [0.3, 0.4) is 0 Å². The molecule has 0 spiro atoms. The van der Waals surface area contributed by atoms with Crippen LogP contribution in [0.4, 0.5) is 0 Å². The highest BCUT2D eigenvalue weighted by Gasteiger charge is 2.33. The Hall–Kier alpha value is -2.21. The number of amides is 1. The molecule has 1 saturated carbocycles. The Labute approximate surface area is 134 Å². The molecule has 1 aliphatic rings. The van der Waals surface area contributed by atoms with Gasteiger partial charge in [-0.1, -0.05) is 30.3 Å². The van der Waals surface area contributed by atoms with Crippen LogP contribution in [0.25, 0.3) is 0 Å². The van der Waals surface area contributed by atoms with Crippen LogP contribution in [0.1, 0.15) is 31.2 Å². The van der Waals surface area contributed by atoms with E-state index in [0.29, 0.717) is 19.3 Å². The van der Waals surface area contributed by atoms with E-state index in [4.69, 9.17) is 4.74 Å². The molecule has 1 aliphatic carbocycles. The number of carbonyl (C=O) groups is 3. The average molecular weight is 319 g/mol. The number of aliphatic carboxylic acids is 1. The van der Waals surface area contributed by atoms with Crippen molar-refractivity contribution in [3.05, 3.63) is 35.9 Å². The summed E-state index contributed by atoms with van der Waals surface area (Å²) >= 11 is 0. The molecule has 6 heteroatoms. The summed E-state index contributed by atoms with van der Waals surface area (Å²) in [5.74, 6) is -1.87. The summed E-state index contributed by atoms with van der Waals surface area (Å²) in [5, 5.41) is 11.8. The molecule has 2 N–H and O–H groups in total. The molecular formula is C17H21NO5. The number of ether oxygens (including phenoxy) is 1. The number of rotatable bonds is 7. The number of ketones is 1. The van der Waals surface area contributed by atoms with Gasteiger partial charge < -0.3 is 15.2 Å². The lowest BCUT2D eigenvalue weighted by molar-refractivity contribution is -0.145. The van der Waals surface area contributed by atoms with Crippen LogP contribution in [-0.2, 0) is 25.7 Å². The van der Waals surface area contributed by atoms with Gasteiger partial charge in [0.25, 0.3) is 0 Å². The molecule has 23 heavy (non-hydrogen) atoms. The van der Waals surface area contributed by atoms with E-state index in [1.807, 2.05) is 30.3 Å². The second kappa shape index (κ2) is 8.43. The first-order chi connectivity index (χ1) is 11.1. The second-order valence-corrected chi connectivity index (χ2v) is 5.76. The van der Waals surface area contributed by atoms with Gasteiger partial charge in [0.2, 0.25) is 5.91 Å². The van der Waals surface area contributed by atoms with Gasteiger partial charge in [0.1, 0.15) is 18.4 Å². The fraction of sp³-hybridized carbons (Fsp3) is 0.471. The molecule has 1 aromatic carbocycles. The van der Waals surface area contributed by atoms with Gasteiger partial charge >= 0.3 is 5.97 Å². The standard InChI is InChI=1S/C17H21NO5/c19-14-8-4-7-13(9-14)16(17(21)22)18-15(20)11-23-10-12-5-2-1-3-6-12/h1-3,5-6,13,16H,4,7-11H2,(H,18,20)(H,21,22)/t13-,16-/m0/s1. The van der Waals surface area contributed by atoms with E-state index in [2.05, 4.69) is 5.32 Å². The number of Topliss-reactive ketones (excluding diaryl/α,β-unsaturated/α-hetero) is 1. The quantitative estimate of drug-likeness (QED) is 0.795. The highest BCUT2D eigenvalue weighted by atomic mass is 16.5. The van der Waals surface area contributed by atoms with Crippen molar-refractivity contribution in [1.29, 1.82) is 0 Å². The third-order valence-corrected chi connectivity index (χ3v) is 3.92. The number of carboxylic acids is 1. The predicted octanol–water partition coefficient (Wildman–Crippen LogP) is 1.53. The summed E-state index contributed by atoms with van der Waals surface area (Å²) in [6.07, 6.45) is 2.01. The van der Waals surface area contributed by atoms with E-state index in [1.54, 1.807) is 0 Å². The van der Waals surface area contributed by atoms with Crippen LogP contribution in [-0.4, -0.2) is 35.4 Å².